The molecule has 0 rings (SSSR count). The van der Waals surface area contributed by atoms with Crippen molar-refractivity contribution in [3.63, 3.8) is 0 Å². The van der Waals surface area contributed by atoms with Crippen LogP contribution < -0.4 is 0 Å². The van der Waals surface area contributed by atoms with Crippen molar-refractivity contribution in [2.75, 3.05) is 13.2 Å². The van der Waals surface area contributed by atoms with Crippen LogP contribution in [0.15, 0.2) is 0 Å². The Bertz CT molecular complexity index is 83.4. The fourth-order valence-electron chi connectivity index (χ4n) is 0.766. The summed E-state index contributed by atoms with van der Waals surface area (Å²) in [6.07, 6.45) is 0.347. The summed E-state index contributed by atoms with van der Waals surface area (Å²) in [5, 5.41) is 8.79. The first-order chi connectivity index (χ1) is 5.20. The number of ether oxygens (including phenoxy) is 2. The van der Waals surface area contributed by atoms with E-state index in [1.54, 1.807) is 6.92 Å². The first kappa shape index (κ1) is 10.9. The third-order valence-electron chi connectivity index (χ3n) is 1.38. The molecule has 0 bridgehead atoms. The second-order valence-corrected chi connectivity index (χ2v) is 2.42. The molecular formula is C8H18O3. The van der Waals surface area contributed by atoms with Gasteiger partial charge in [0.15, 0.2) is 6.29 Å². The Morgan fingerprint density at radius 3 is 2.27 bits per heavy atom. The summed E-state index contributed by atoms with van der Waals surface area (Å²) in [5.74, 6) is 0. The van der Waals surface area contributed by atoms with E-state index in [2.05, 4.69) is 0 Å². The van der Waals surface area contributed by atoms with Crippen molar-refractivity contribution in [1.82, 2.24) is 0 Å². The minimum Gasteiger partial charge on any atom is -0.376 e. The zero-order valence-electron chi connectivity index (χ0n) is 7.54. The summed E-state index contributed by atoms with van der Waals surface area (Å²) in [4.78, 5) is 0. The van der Waals surface area contributed by atoms with Crippen LogP contribution in [0.3, 0.4) is 0 Å². The van der Waals surface area contributed by atoms with Crippen LogP contribution in [0.4, 0.5) is 0 Å². The Labute approximate surface area is 68.3 Å². The van der Waals surface area contributed by atoms with Crippen molar-refractivity contribution in [2.24, 2.45) is 0 Å². The van der Waals surface area contributed by atoms with E-state index < -0.39 is 6.29 Å². The molecule has 3 nitrogen and oxygen atoms in total. The molecule has 0 aromatic heterocycles. The molecule has 0 aliphatic heterocycles. The zero-order valence-corrected chi connectivity index (χ0v) is 7.54. The van der Waals surface area contributed by atoms with E-state index in [0.717, 1.165) is 6.42 Å². The van der Waals surface area contributed by atoms with Gasteiger partial charge in [0, 0.05) is 6.61 Å². The summed E-state index contributed by atoms with van der Waals surface area (Å²) in [6.45, 7) is 6.75. The normalized spacial score (nSPS) is 16.4. The summed E-state index contributed by atoms with van der Waals surface area (Å²) in [7, 11) is 0. The zero-order chi connectivity index (χ0) is 8.69. The molecule has 0 aliphatic rings. The molecule has 2 atom stereocenters. The molecule has 0 aromatic carbocycles. The molecule has 3 heteroatoms. The van der Waals surface area contributed by atoms with Crippen molar-refractivity contribution in [3.8, 4) is 0 Å². The quantitative estimate of drug-likeness (QED) is 0.595. The van der Waals surface area contributed by atoms with Crippen LogP contribution in [0, 0.1) is 0 Å². The molecule has 0 amide bonds. The molecule has 0 saturated heterocycles. The second kappa shape index (κ2) is 6.58. The number of aliphatic hydroxyl groups excluding tert-OH is 1. The van der Waals surface area contributed by atoms with E-state index in [1.807, 2.05) is 13.8 Å². The van der Waals surface area contributed by atoms with Gasteiger partial charge in [-0.1, -0.05) is 6.92 Å². The van der Waals surface area contributed by atoms with E-state index in [1.165, 1.54) is 0 Å². The van der Waals surface area contributed by atoms with E-state index in [0.29, 0.717) is 13.2 Å². The van der Waals surface area contributed by atoms with E-state index in [4.69, 9.17) is 14.6 Å². The molecular weight excluding hydrogens is 144 g/mol. The van der Waals surface area contributed by atoms with Crippen LogP contribution in [0.2, 0.25) is 0 Å². The maximum atomic E-state index is 8.79. The Hall–Kier alpha value is -0.120. The van der Waals surface area contributed by atoms with Crippen LogP contribution in [0.5, 0.6) is 0 Å². The maximum absolute atomic E-state index is 8.79. The first-order valence-electron chi connectivity index (χ1n) is 4.12. The predicted molar refractivity (Wildman–Crippen MR) is 43.3 cm³/mol. The van der Waals surface area contributed by atoms with E-state index in [9.17, 15) is 0 Å². The Balaban J connectivity index is 3.35. The van der Waals surface area contributed by atoms with Gasteiger partial charge in [0.2, 0.25) is 0 Å². The van der Waals surface area contributed by atoms with Gasteiger partial charge >= 0.3 is 0 Å². The largest absolute Gasteiger partial charge is 0.376 e. The van der Waals surface area contributed by atoms with Crippen LogP contribution >= 0.6 is 0 Å². The van der Waals surface area contributed by atoms with Gasteiger partial charge in [-0.05, 0) is 20.3 Å². The molecule has 1 N–H and O–H groups in total. The Kier molecular flexibility index (Phi) is 6.51. The van der Waals surface area contributed by atoms with Crippen molar-refractivity contribution in [3.05, 3.63) is 0 Å². The molecule has 0 aliphatic carbocycles. The lowest BCUT2D eigenvalue weighted by atomic mass is 10.3. The van der Waals surface area contributed by atoms with Gasteiger partial charge in [-0.2, -0.15) is 0 Å². The highest BCUT2D eigenvalue weighted by molar-refractivity contribution is 4.52. The SMILES string of the molecule is CCOC(CC)COC(C)O. The highest BCUT2D eigenvalue weighted by Gasteiger charge is 2.06. The fourth-order valence-corrected chi connectivity index (χ4v) is 0.766. The van der Waals surface area contributed by atoms with Gasteiger partial charge in [0.25, 0.3) is 0 Å². The molecule has 0 aromatic rings. The predicted octanol–water partition coefficient (Wildman–Crippen LogP) is 1.16. The van der Waals surface area contributed by atoms with Gasteiger partial charge < -0.3 is 14.6 Å². The lowest BCUT2D eigenvalue weighted by Crippen LogP contribution is -2.22. The van der Waals surface area contributed by atoms with Gasteiger partial charge in [-0.25, -0.2) is 0 Å². The monoisotopic (exact) mass is 162 g/mol. The average molecular weight is 162 g/mol. The molecule has 2 unspecified atom stereocenters. The fraction of sp³-hybridized carbons (Fsp3) is 1.00. The van der Waals surface area contributed by atoms with Crippen molar-refractivity contribution in [1.29, 1.82) is 0 Å². The molecule has 0 radical (unpaired) electrons. The molecule has 11 heavy (non-hydrogen) atoms. The smallest absolute Gasteiger partial charge is 0.151 e. The highest BCUT2D eigenvalue weighted by atomic mass is 16.6. The lowest BCUT2D eigenvalue weighted by molar-refractivity contribution is -0.119. The standard InChI is InChI=1S/C8H18O3/c1-4-8(10-5-2)6-11-7(3)9/h7-9H,4-6H2,1-3H3. The summed E-state index contributed by atoms with van der Waals surface area (Å²) in [5.41, 5.74) is 0. The number of hydrogen-bond acceptors (Lipinski definition) is 3. The second-order valence-electron chi connectivity index (χ2n) is 2.42. The highest BCUT2D eigenvalue weighted by Crippen LogP contribution is 1.99. The number of aliphatic hydroxyl groups is 1. The van der Waals surface area contributed by atoms with Gasteiger partial charge in [-0.15, -0.1) is 0 Å². The van der Waals surface area contributed by atoms with E-state index in [-0.39, 0.29) is 6.10 Å². The van der Waals surface area contributed by atoms with Crippen LogP contribution in [0.25, 0.3) is 0 Å². The van der Waals surface area contributed by atoms with Crippen molar-refractivity contribution in [2.45, 2.75) is 39.6 Å². The van der Waals surface area contributed by atoms with Crippen LogP contribution in [0.1, 0.15) is 27.2 Å². The third-order valence-corrected chi connectivity index (χ3v) is 1.38. The van der Waals surface area contributed by atoms with Crippen molar-refractivity contribution >= 4 is 0 Å². The third kappa shape index (κ3) is 6.28. The summed E-state index contributed by atoms with van der Waals surface area (Å²) >= 11 is 0. The Morgan fingerprint density at radius 2 is 1.91 bits per heavy atom. The summed E-state index contributed by atoms with van der Waals surface area (Å²) in [6, 6.07) is 0. The number of rotatable bonds is 6. The Morgan fingerprint density at radius 1 is 1.27 bits per heavy atom. The molecule has 0 heterocycles. The maximum Gasteiger partial charge on any atom is 0.151 e. The molecule has 68 valence electrons. The van der Waals surface area contributed by atoms with Crippen LogP contribution in [-0.4, -0.2) is 30.7 Å². The number of hydrogen-bond donors (Lipinski definition) is 1. The minimum atomic E-state index is -0.690. The first-order valence-corrected chi connectivity index (χ1v) is 4.12. The van der Waals surface area contributed by atoms with Gasteiger partial charge in [-0.3, -0.25) is 0 Å². The minimum absolute atomic E-state index is 0.120. The molecule has 0 saturated carbocycles. The average Bonchev–Trinajstić information content (AvgIpc) is 1.97. The van der Waals surface area contributed by atoms with E-state index >= 15 is 0 Å². The van der Waals surface area contributed by atoms with Gasteiger partial charge in [0.1, 0.15) is 0 Å². The van der Waals surface area contributed by atoms with Crippen LogP contribution in [-0.2, 0) is 9.47 Å². The summed E-state index contributed by atoms with van der Waals surface area (Å²) < 4.78 is 10.3. The lowest BCUT2D eigenvalue weighted by Gasteiger charge is -2.15. The van der Waals surface area contributed by atoms with Gasteiger partial charge in [0.05, 0.1) is 12.7 Å². The van der Waals surface area contributed by atoms with Crippen molar-refractivity contribution < 1.29 is 14.6 Å². The topological polar surface area (TPSA) is 38.7 Å². The molecule has 0 fully saturated rings. The molecule has 0 spiro atoms.